The SMILES string of the molecule is CNC1=N[C@@H]2[C@@H](O)[C@H](O)[C@@H](C3(O)CCCC3)O[C@@H]2S1. The summed E-state index contributed by atoms with van der Waals surface area (Å²) in [5.74, 6) is 0. The van der Waals surface area contributed by atoms with Crippen LogP contribution in [0, 0.1) is 0 Å². The standard InChI is InChI=1S/C12H20N2O4S/c1-13-11-14-6-7(15)8(16)9(18-10(6)19-11)12(17)4-2-3-5-12/h6-10,15-17H,2-5H2,1H3,(H,13,14)/t6-,7-,8+,9+,10-/m1/s1. The Hall–Kier alpha value is -0.340. The molecule has 5 atom stereocenters. The van der Waals surface area contributed by atoms with E-state index in [0.29, 0.717) is 18.0 Å². The lowest BCUT2D eigenvalue weighted by molar-refractivity contribution is -0.215. The maximum absolute atomic E-state index is 10.6. The van der Waals surface area contributed by atoms with E-state index in [4.69, 9.17) is 4.74 Å². The van der Waals surface area contributed by atoms with Crippen LogP contribution in [0.5, 0.6) is 0 Å². The highest BCUT2D eigenvalue weighted by atomic mass is 32.2. The molecule has 4 N–H and O–H groups in total. The molecule has 108 valence electrons. The third kappa shape index (κ3) is 2.17. The number of fused-ring (bicyclic) bond motifs is 1. The van der Waals surface area contributed by atoms with Crippen LogP contribution in [0.3, 0.4) is 0 Å². The molecule has 3 aliphatic rings. The number of nitrogens with one attached hydrogen (secondary N) is 1. The summed E-state index contributed by atoms with van der Waals surface area (Å²) in [5.41, 5.74) is -1.36. The van der Waals surface area contributed by atoms with Crippen LogP contribution in [0.2, 0.25) is 0 Å². The zero-order valence-electron chi connectivity index (χ0n) is 10.8. The van der Waals surface area contributed by atoms with Crippen molar-refractivity contribution in [1.29, 1.82) is 0 Å². The number of aliphatic hydroxyl groups excluding tert-OH is 2. The van der Waals surface area contributed by atoms with Gasteiger partial charge in [-0.2, -0.15) is 0 Å². The lowest BCUT2D eigenvalue weighted by Crippen LogP contribution is -2.62. The molecule has 2 fully saturated rings. The molecule has 1 saturated heterocycles. The lowest BCUT2D eigenvalue weighted by atomic mass is 9.85. The fourth-order valence-electron chi connectivity index (χ4n) is 3.20. The number of amidine groups is 1. The van der Waals surface area contributed by atoms with E-state index in [1.807, 2.05) is 0 Å². The topological polar surface area (TPSA) is 94.3 Å². The molecular formula is C12H20N2O4S. The highest BCUT2D eigenvalue weighted by Crippen LogP contribution is 2.43. The maximum atomic E-state index is 10.6. The van der Waals surface area contributed by atoms with Crippen LogP contribution in [0.4, 0.5) is 0 Å². The van der Waals surface area contributed by atoms with Crippen molar-refractivity contribution in [2.45, 2.75) is 61.1 Å². The number of ether oxygens (including phenoxy) is 1. The van der Waals surface area contributed by atoms with E-state index < -0.39 is 30.0 Å². The summed E-state index contributed by atoms with van der Waals surface area (Å²) in [5, 5.41) is 34.7. The molecule has 2 heterocycles. The summed E-state index contributed by atoms with van der Waals surface area (Å²) in [6.45, 7) is 0. The van der Waals surface area contributed by atoms with Gasteiger partial charge < -0.3 is 25.4 Å². The van der Waals surface area contributed by atoms with Crippen LogP contribution < -0.4 is 5.32 Å². The number of hydrogen-bond donors (Lipinski definition) is 4. The van der Waals surface area contributed by atoms with Crippen molar-refractivity contribution in [2.24, 2.45) is 4.99 Å². The third-order valence-electron chi connectivity index (χ3n) is 4.28. The lowest BCUT2D eigenvalue weighted by Gasteiger charge is -2.44. The molecule has 0 bridgehead atoms. The Bertz CT molecular complexity index is 386. The normalized spacial score (nSPS) is 44.8. The van der Waals surface area contributed by atoms with Gasteiger partial charge in [-0.25, -0.2) is 0 Å². The van der Waals surface area contributed by atoms with Gasteiger partial charge >= 0.3 is 0 Å². The number of hydrogen-bond acceptors (Lipinski definition) is 7. The fourth-order valence-corrected chi connectivity index (χ4v) is 4.25. The Morgan fingerprint density at radius 3 is 2.63 bits per heavy atom. The molecule has 6 nitrogen and oxygen atoms in total. The Labute approximate surface area is 116 Å². The Morgan fingerprint density at radius 2 is 2.00 bits per heavy atom. The third-order valence-corrected chi connectivity index (χ3v) is 5.43. The largest absolute Gasteiger partial charge is 0.388 e. The zero-order chi connectivity index (χ0) is 13.6. The summed E-state index contributed by atoms with van der Waals surface area (Å²) in [6.07, 6.45) is 0.269. The first-order valence-electron chi connectivity index (χ1n) is 6.71. The minimum absolute atomic E-state index is 0.338. The van der Waals surface area contributed by atoms with Crippen molar-refractivity contribution >= 4 is 16.9 Å². The molecule has 0 aromatic rings. The second kappa shape index (κ2) is 4.89. The molecule has 0 aromatic heterocycles. The number of rotatable bonds is 1. The van der Waals surface area contributed by atoms with Crippen molar-refractivity contribution in [3.63, 3.8) is 0 Å². The van der Waals surface area contributed by atoms with Gasteiger partial charge in [-0.05, 0) is 12.8 Å². The molecule has 19 heavy (non-hydrogen) atoms. The van der Waals surface area contributed by atoms with Crippen LogP contribution in [-0.4, -0.2) is 62.9 Å². The highest BCUT2D eigenvalue weighted by Gasteiger charge is 2.55. The van der Waals surface area contributed by atoms with Gasteiger partial charge in [-0.3, -0.25) is 4.99 Å². The molecular weight excluding hydrogens is 268 g/mol. The highest BCUT2D eigenvalue weighted by molar-refractivity contribution is 8.14. The van der Waals surface area contributed by atoms with Gasteiger partial charge in [0.2, 0.25) is 0 Å². The molecule has 0 amide bonds. The van der Waals surface area contributed by atoms with E-state index in [9.17, 15) is 15.3 Å². The predicted octanol–water partition coefficient (Wildman–Crippen LogP) is -0.571. The second-order valence-corrected chi connectivity index (χ2v) is 6.60. The Morgan fingerprint density at radius 1 is 1.32 bits per heavy atom. The van der Waals surface area contributed by atoms with Gasteiger partial charge in [0.15, 0.2) is 5.17 Å². The predicted molar refractivity (Wildman–Crippen MR) is 72.0 cm³/mol. The van der Waals surface area contributed by atoms with Gasteiger partial charge in [-0.15, -0.1) is 0 Å². The number of nitrogens with zero attached hydrogens (tertiary/aromatic N) is 1. The van der Waals surface area contributed by atoms with Crippen LogP contribution in [0.25, 0.3) is 0 Å². The Kier molecular flexibility index (Phi) is 3.51. The van der Waals surface area contributed by atoms with Gasteiger partial charge in [0, 0.05) is 7.05 Å². The van der Waals surface area contributed by atoms with E-state index in [2.05, 4.69) is 10.3 Å². The van der Waals surface area contributed by atoms with Gasteiger partial charge in [-0.1, -0.05) is 24.6 Å². The van der Waals surface area contributed by atoms with Crippen LogP contribution in [0.15, 0.2) is 4.99 Å². The first-order valence-corrected chi connectivity index (χ1v) is 7.59. The zero-order valence-corrected chi connectivity index (χ0v) is 11.6. The van der Waals surface area contributed by atoms with E-state index in [1.165, 1.54) is 11.8 Å². The van der Waals surface area contributed by atoms with E-state index in [1.54, 1.807) is 7.05 Å². The fraction of sp³-hybridized carbons (Fsp3) is 0.917. The van der Waals surface area contributed by atoms with E-state index in [0.717, 1.165) is 12.8 Å². The summed E-state index contributed by atoms with van der Waals surface area (Å²) < 4.78 is 5.86. The molecule has 0 unspecified atom stereocenters. The number of thioether (sulfide) groups is 1. The molecule has 1 saturated carbocycles. The van der Waals surface area contributed by atoms with Crippen LogP contribution in [-0.2, 0) is 4.74 Å². The molecule has 0 spiro atoms. The van der Waals surface area contributed by atoms with Gasteiger partial charge in [0.05, 0.1) is 5.60 Å². The summed E-state index contributed by atoms with van der Waals surface area (Å²) in [4.78, 5) is 4.30. The molecule has 2 aliphatic heterocycles. The average Bonchev–Trinajstić information content (AvgIpc) is 3.00. The quantitative estimate of drug-likeness (QED) is 0.516. The molecule has 7 heteroatoms. The molecule has 1 aliphatic carbocycles. The average molecular weight is 288 g/mol. The monoisotopic (exact) mass is 288 g/mol. The first kappa shape index (κ1) is 13.6. The van der Waals surface area contributed by atoms with Gasteiger partial charge in [0.1, 0.15) is 29.8 Å². The van der Waals surface area contributed by atoms with Crippen molar-refractivity contribution in [2.75, 3.05) is 7.05 Å². The number of aliphatic imine (C=N–C) groups is 1. The van der Waals surface area contributed by atoms with E-state index >= 15 is 0 Å². The second-order valence-electron chi connectivity index (χ2n) is 5.51. The molecule has 3 rings (SSSR count). The smallest absolute Gasteiger partial charge is 0.159 e. The minimum atomic E-state index is -1.09. The van der Waals surface area contributed by atoms with Crippen molar-refractivity contribution in [3.8, 4) is 0 Å². The van der Waals surface area contributed by atoms with E-state index in [-0.39, 0.29) is 5.44 Å². The first-order chi connectivity index (χ1) is 9.05. The summed E-state index contributed by atoms with van der Waals surface area (Å²) >= 11 is 1.40. The minimum Gasteiger partial charge on any atom is -0.388 e. The molecule has 0 aromatic carbocycles. The van der Waals surface area contributed by atoms with Crippen molar-refractivity contribution < 1.29 is 20.1 Å². The maximum Gasteiger partial charge on any atom is 0.159 e. The number of aliphatic hydroxyl groups is 3. The van der Waals surface area contributed by atoms with Gasteiger partial charge in [0.25, 0.3) is 0 Å². The van der Waals surface area contributed by atoms with Crippen molar-refractivity contribution in [1.82, 2.24) is 5.32 Å². The van der Waals surface area contributed by atoms with Crippen LogP contribution in [0.1, 0.15) is 25.7 Å². The summed E-state index contributed by atoms with van der Waals surface area (Å²) in [6, 6.07) is -0.469. The van der Waals surface area contributed by atoms with Crippen molar-refractivity contribution in [3.05, 3.63) is 0 Å². The Balaban J connectivity index is 1.80. The molecule has 0 radical (unpaired) electrons. The summed E-state index contributed by atoms with van der Waals surface area (Å²) in [7, 11) is 1.76. The van der Waals surface area contributed by atoms with Crippen LogP contribution >= 0.6 is 11.8 Å².